The van der Waals surface area contributed by atoms with E-state index in [1.54, 1.807) is 38.3 Å². The number of methoxy groups -OCH3 is 1. The molecule has 0 aliphatic rings. The summed E-state index contributed by atoms with van der Waals surface area (Å²) in [6.45, 7) is 5.40. The summed E-state index contributed by atoms with van der Waals surface area (Å²) < 4.78 is 9.79. The Labute approximate surface area is 123 Å². The number of aliphatic hydroxyl groups excluding tert-OH is 1. The second kappa shape index (κ2) is 7.72. The van der Waals surface area contributed by atoms with Crippen LogP contribution in [0.5, 0.6) is 5.75 Å². The van der Waals surface area contributed by atoms with Crippen molar-refractivity contribution in [3.63, 3.8) is 0 Å². The van der Waals surface area contributed by atoms with Crippen molar-refractivity contribution in [2.24, 2.45) is 0 Å². The second-order valence-electron chi connectivity index (χ2n) is 3.93. The normalized spacial score (nSPS) is 12.7. The van der Waals surface area contributed by atoms with E-state index in [4.69, 9.17) is 21.1 Å². The zero-order chi connectivity index (χ0) is 15.1. The van der Waals surface area contributed by atoms with Crippen molar-refractivity contribution in [1.29, 1.82) is 0 Å². The molecule has 1 rings (SSSR count). The zero-order valence-corrected chi connectivity index (χ0v) is 12.2. The standard InChI is InChI=1S/C15H17ClO4/c1-4-20-15(18)10(2)14(17)9-13(16)11-5-7-12(19-3)8-6-11/h5-9,14,17H,2,4H2,1,3H3/b13-9-. The van der Waals surface area contributed by atoms with Gasteiger partial charge >= 0.3 is 5.97 Å². The smallest absolute Gasteiger partial charge is 0.336 e. The molecule has 1 atom stereocenters. The van der Waals surface area contributed by atoms with Crippen LogP contribution in [0.3, 0.4) is 0 Å². The number of hydrogen-bond acceptors (Lipinski definition) is 4. The first kappa shape index (κ1) is 16.3. The minimum absolute atomic E-state index is 0.0569. The highest BCUT2D eigenvalue weighted by Crippen LogP contribution is 2.23. The fourth-order valence-corrected chi connectivity index (χ4v) is 1.68. The van der Waals surface area contributed by atoms with Crippen molar-refractivity contribution >= 4 is 22.6 Å². The summed E-state index contributed by atoms with van der Waals surface area (Å²) in [6.07, 6.45) is 0.145. The summed E-state index contributed by atoms with van der Waals surface area (Å²) in [5.41, 5.74) is 0.640. The van der Waals surface area contributed by atoms with E-state index in [0.717, 1.165) is 0 Å². The minimum Gasteiger partial charge on any atom is -0.497 e. The Balaban J connectivity index is 2.81. The SMILES string of the molecule is C=C(C(=O)OCC)C(O)/C=C(\Cl)c1ccc(OC)cc1. The molecule has 0 saturated heterocycles. The molecule has 0 radical (unpaired) electrons. The molecule has 0 saturated carbocycles. The van der Waals surface area contributed by atoms with Gasteiger partial charge in [-0.3, -0.25) is 0 Å². The molecule has 1 aromatic carbocycles. The van der Waals surface area contributed by atoms with Gasteiger partial charge in [-0.15, -0.1) is 0 Å². The molecule has 1 N–H and O–H groups in total. The molecule has 0 spiro atoms. The minimum atomic E-state index is -1.19. The lowest BCUT2D eigenvalue weighted by Gasteiger charge is -2.10. The van der Waals surface area contributed by atoms with Gasteiger partial charge in [0.25, 0.3) is 0 Å². The number of benzene rings is 1. The van der Waals surface area contributed by atoms with Crippen molar-refractivity contribution in [1.82, 2.24) is 0 Å². The van der Waals surface area contributed by atoms with Crippen molar-refractivity contribution in [2.75, 3.05) is 13.7 Å². The van der Waals surface area contributed by atoms with Gasteiger partial charge in [-0.05, 0) is 42.8 Å². The average molecular weight is 297 g/mol. The number of halogens is 1. The quantitative estimate of drug-likeness (QED) is 0.648. The van der Waals surface area contributed by atoms with Crippen LogP contribution in [0.1, 0.15) is 12.5 Å². The van der Waals surface area contributed by atoms with Gasteiger partial charge in [-0.25, -0.2) is 4.79 Å². The van der Waals surface area contributed by atoms with Crippen molar-refractivity contribution in [2.45, 2.75) is 13.0 Å². The van der Waals surface area contributed by atoms with E-state index >= 15 is 0 Å². The van der Waals surface area contributed by atoms with Crippen LogP contribution in [0.2, 0.25) is 0 Å². The van der Waals surface area contributed by atoms with E-state index < -0.39 is 12.1 Å². The second-order valence-corrected chi connectivity index (χ2v) is 4.34. The molecular formula is C15H17ClO4. The van der Waals surface area contributed by atoms with Crippen LogP contribution in [-0.4, -0.2) is 30.9 Å². The van der Waals surface area contributed by atoms with E-state index in [1.807, 2.05) is 0 Å². The Hall–Kier alpha value is -1.78. The van der Waals surface area contributed by atoms with Gasteiger partial charge in [-0.2, -0.15) is 0 Å². The van der Waals surface area contributed by atoms with Gasteiger partial charge in [0.05, 0.1) is 19.3 Å². The number of hydrogen-bond donors (Lipinski definition) is 1. The topological polar surface area (TPSA) is 55.8 Å². The van der Waals surface area contributed by atoms with E-state index in [-0.39, 0.29) is 12.2 Å². The van der Waals surface area contributed by atoms with E-state index in [0.29, 0.717) is 16.3 Å². The van der Waals surface area contributed by atoms with Crippen LogP contribution in [0.15, 0.2) is 42.5 Å². The third kappa shape index (κ3) is 4.40. The molecule has 1 aromatic rings. The van der Waals surface area contributed by atoms with Gasteiger partial charge in [0.1, 0.15) is 11.9 Å². The Kier molecular flexibility index (Phi) is 6.28. The molecule has 0 amide bonds. The molecule has 0 aliphatic carbocycles. The maximum atomic E-state index is 11.4. The van der Waals surface area contributed by atoms with Gasteiger partial charge in [0.2, 0.25) is 0 Å². The highest BCUT2D eigenvalue weighted by molar-refractivity contribution is 6.48. The lowest BCUT2D eigenvalue weighted by atomic mass is 10.1. The summed E-state index contributed by atoms with van der Waals surface area (Å²) in [4.78, 5) is 11.4. The van der Waals surface area contributed by atoms with Crippen molar-refractivity contribution in [3.8, 4) is 5.75 Å². The Morgan fingerprint density at radius 2 is 2.05 bits per heavy atom. The molecule has 5 heteroatoms. The largest absolute Gasteiger partial charge is 0.497 e. The molecule has 20 heavy (non-hydrogen) atoms. The predicted molar refractivity (Wildman–Crippen MR) is 78.6 cm³/mol. The van der Waals surface area contributed by atoms with Crippen LogP contribution < -0.4 is 4.74 Å². The average Bonchev–Trinajstić information content (AvgIpc) is 2.46. The number of ether oxygens (including phenoxy) is 2. The van der Waals surface area contributed by atoms with Crippen LogP contribution in [-0.2, 0) is 9.53 Å². The summed E-state index contributed by atoms with van der Waals surface area (Å²) in [6, 6.07) is 6.99. The van der Waals surface area contributed by atoms with Crippen LogP contribution in [0, 0.1) is 0 Å². The Morgan fingerprint density at radius 1 is 1.45 bits per heavy atom. The van der Waals surface area contributed by atoms with Gasteiger partial charge in [0.15, 0.2) is 0 Å². The third-order valence-corrected chi connectivity index (χ3v) is 2.91. The number of aliphatic hydroxyl groups is 1. The third-order valence-electron chi connectivity index (χ3n) is 2.56. The maximum absolute atomic E-state index is 11.4. The molecule has 1 unspecified atom stereocenters. The highest BCUT2D eigenvalue weighted by Gasteiger charge is 2.16. The molecule has 108 valence electrons. The number of carbonyl (C=O) groups excluding carboxylic acids is 1. The molecule has 0 bridgehead atoms. The summed E-state index contributed by atoms with van der Waals surface area (Å²) in [5.74, 6) is 0.0603. The van der Waals surface area contributed by atoms with E-state index in [2.05, 4.69) is 6.58 Å². The van der Waals surface area contributed by atoms with Crippen LogP contribution in [0.25, 0.3) is 5.03 Å². The Morgan fingerprint density at radius 3 is 2.55 bits per heavy atom. The van der Waals surface area contributed by atoms with Gasteiger partial charge < -0.3 is 14.6 Å². The van der Waals surface area contributed by atoms with Gasteiger partial charge in [0, 0.05) is 5.03 Å². The Bertz CT molecular complexity index is 505. The lowest BCUT2D eigenvalue weighted by molar-refractivity contribution is -0.139. The number of esters is 1. The molecule has 0 heterocycles. The van der Waals surface area contributed by atoms with Crippen molar-refractivity contribution in [3.05, 3.63) is 48.1 Å². The van der Waals surface area contributed by atoms with Gasteiger partial charge in [-0.1, -0.05) is 18.2 Å². The number of rotatable bonds is 6. The van der Waals surface area contributed by atoms with E-state index in [9.17, 15) is 9.90 Å². The molecule has 0 aliphatic heterocycles. The predicted octanol–water partition coefficient (Wildman–Crippen LogP) is 2.76. The fourth-order valence-electron chi connectivity index (χ4n) is 1.43. The summed E-state index contributed by atoms with van der Waals surface area (Å²) in [5, 5.41) is 10.2. The first-order chi connectivity index (χ1) is 9.49. The van der Waals surface area contributed by atoms with Crippen LogP contribution in [0.4, 0.5) is 0 Å². The molecule has 0 fully saturated rings. The maximum Gasteiger partial charge on any atom is 0.336 e. The first-order valence-electron chi connectivity index (χ1n) is 6.05. The number of carbonyl (C=O) groups is 1. The molecule has 4 nitrogen and oxygen atoms in total. The first-order valence-corrected chi connectivity index (χ1v) is 6.43. The van der Waals surface area contributed by atoms with Crippen LogP contribution >= 0.6 is 11.6 Å². The monoisotopic (exact) mass is 296 g/mol. The summed E-state index contributed by atoms with van der Waals surface area (Å²) >= 11 is 6.09. The molecular weight excluding hydrogens is 280 g/mol. The molecule has 0 aromatic heterocycles. The zero-order valence-electron chi connectivity index (χ0n) is 11.4. The fraction of sp³-hybridized carbons (Fsp3) is 0.267. The highest BCUT2D eigenvalue weighted by atomic mass is 35.5. The lowest BCUT2D eigenvalue weighted by Crippen LogP contribution is -2.17. The van der Waals surface area contributed by atoms with E-state index in [1.165, 1.54) is 6.08 Å². The summed E-state index contributed by atoms with van der Waals surface area (Å²) in [7, 11) is 1.57. The van der Waals surface area contributed by atoms with Crippen molar-refractivity contribution < 1.29 is 19.4 Å².